The lowest BCUT2D eigenvalue weighted by molar-refractivity contribution is 0.0820. The van der Waals surface area contributed by atoms with Crippen LogP contribution in [0, 0.1) is 0 Å². The van der Waals surface area contributed by atoms with Crippen molar-refractivity contribution in [1.29, 1.82) is 0 Å². The van der Waals surface area contributed by atoms with Gasteiger partial charge in [-0.15, -0.1) is 0 Å². The summed E-state index contributed by atoms with van der Waals surface area (Å²) in [5.41, 5.74) is 0.653. The highest BCUT2D eigenvalue weighted by Crippen LogP contribution is 2.27. The number of nitrogens with one attached hydrogen (secondary N) is 1. The lowest BCUT2D eigenvalue weighted by atomic mass is 10.2. The van der Waals surface area contributed by atoms with Crippen LogP contribution in [0.3, 0.4) is 0 Å². The van der Waals surface area contributed by atoms with Crippen molar-refractivity contribution in [1.82, 2.24) is 9.80 Å². The van der Waals surface area contributed by atoms with Crippen LogP contribution in [0.2, 0.25) is 5.02 Å². The minimum absolute atomic E-state index is 0.122. The van der Waals surface area contributed by atoms with Gasteiger partial charge in [0.15, 0.2) is 0 Å². The predicted octanol–water partition coefficient (Wildman–Crippen LogP) is 3.31. The summed E-state index contributed by atoms with van der Waals surface area (Å²) in [5.74, 6) is 0.617. The summed E-state index contributed by atoms with van der Waals surface area (Å²) in [4.78, 5) is 16.6. The lowest BCUT2D eigenvalue weighted by Gasteiger charge is -2.27. The molecule has 1 saturated heterocycles. The molecular weight excluding hydrogens is 342 g/mol. The molecule has 25 heavy (non-hydrogen) atoms. The zero-order chi connectivity index (χ0) is 18.2. The van der Waals surface area contributed by atoms with Gasteiger partial charge in [0.25, 0.3) is 0 Å². The van der Waals surface area contributed by atoms with Gasteiger partial charge in [-0.2, -0.15) is 0 Å². The third-order valence-corrected chi connectivity index (χ3v) is 4.33. The maximum Gasteiger partial charge on any atom is 0.321 e. The largest absolute Gasteiger partial charge is 0.492 e. The van der Waals surface area contributed by atoms with E-state index < -0.39 is 0 Å². The monoisotopic (exact) mass is 369 g/mol. The van der Waals surface area contributed by atoms with Crippen LogP contribution in [0.1, 0.15) is 19.8 Å². The molecule has 1 aromatic rings. The fourth-order valence-electron chi connectivity index (χ4n) is 2.68. The predicted molar refractivity (Wildman–Crippen MR) is 101 cm³/mol. The number of ether oxygens (including phenoxy) is 2. The Morgan fingerprint density at radius 1 is 1.40 bits per heavy atom. The molecule has 7 heteroatoms. The summed E-state index contributed by atoms with van der Waals surface area (Å²) in [6.07, 6.45) is 2.18. The second-order valence-corrected chi connectivity index (χ2v) is 6.80. The maximum atomic E-state index is 12.7. The molecule has 2 rings (SSSR count). The van der Waals surface area contributed by atoms with Crippen molar-refractivity contribution in [2.45, 2.75) is 25.9 Å². The van der Waals surface area contributed by atoms with E-state index in [2.05, 4.69) is 10.2 Å². The Bertz CT molecular complexity index is 562. The first kappa shape index (κ1) is 19.8. The first-order valence-electron chi connectivity index (χ1n) is 8.74. The molecule has 1 unspecified atom stereocenters. The Morgan fingerprint density at radius 3 is 2.80 bits per heavy atom. The van der Waals surface area contributed by atoms with Crippen molar-refractivity contribution in [3.05, 3.63) is 23.2 Å². The van der Waals surface area contributed by atoms with Crippen LogP contribution < -0.4 is 10.1 Å². The summed E-state index contributed by atoms with van der Waals surface area (Å²) in [6, 6.07) is 5.13. The molecule has 0 saturated carbocycles. The number of halogens is 1. The van der Waals surface area contributed by atoms with E-state index in [0.717, 1.165) is 26.0 Å². The molecule has 0 spiro atoms. The van der Waals surface area contributed by atoms with Crippen molar-refractivity contribution < 1.29 is 14.3 Å². The van der Waals surface area contributed by atoms with Gasteiger partial charge in [-0.3, -0.25) is 0 Å². The number of carbonyl (C=O) groups is 1. The summed E-state index contributed by atoms with van der Waals surface area (Å²) in [5, 5.41) is 3.41. The van der Waals surface area contributed by atoms with E-state index in [1.807, 2.05) is 21.0 Å². The van der Waals surface area contributed by atoms with Gasteiger partial charge in [-0.05, 0) is 52.1 Å². The molecule has 1 heterocycles. The Morgan fingerprint density at radius 2 is 2.20 bits per heavy atom. The number of nitrogens with zero attached hydrogens (tertiary/aromatic N) is 2. The number of rotatable bonds is 8. The third-order valence-electron chi connectivity index (χ3n) is 4.04. The molecule has 1 aliphatic rings. The number of hydrogen-bond acceptors (Lipinski definition) is 4. The molecule has 1 atom stereocenters. The lowest BCUT2D eigenvalue weighted by Crippen LogP contribution is -2.43. The van der Waals surface area contributed by atoms with E-state index in [-0.39, 0.29) is 12.1 Å². The molecule has 1 aromatic carbocycles. The van der Waals surface area contributed by atoms with Crippen LogP contribution in [-0.2, 0) is 4.74 Å². The van der Waals surface area contributed by atoms with Gasteiger partial charge in [0, 0.05) is 31.9 Å². The third kappa shape index (κ3) is 6.38. The SMILES string of the molecule is CCOc1ccc(NC(=O)N(CCN(C)C)CC2CCCO2)cc1Cl. The molecule has 0 bridgehead atoms. The van der Waals surface area contributed by atoms with Crippen molar-refractivity contribution in [2.75, 3.05) is 52.3 Å². The molecule has 140 valence electrons. The van der Waals surface area contributed by atoms with Crippen molar-refractivity contribution in [2.24, 2.45) is 0 Å². The minimum Gasteiger partial charge on any atom is -0.492 e. The zero-order valence-electron chi connectivity index (χ0n) is 15.3. The average Bonchev–Trinajstić information content (AvgIpc) is 3.07. The molecule has 2 amide bonds. The van der Waals surface area contributed by atoms with Crippen LogP contribution in [0.15, 0.2) is 18.2 Å². The van der Waals surface area contributed by atoms with Crippen LogP contribution in [0.4, 0.5) is 10.5 Å². The summed E-state index contributed by atoms with van der Waals surface area (Å²) >= 11 is 6.19. The number of anilines is 1. The highest BCUT2D eigenvalue weighted by Gasteiger charge is 2.22. The molecule has 0 aromatic heterocycles. The van der Waals surface area contributed by atoms with E-state index in [1.54, 1.807) is 23.1 Å². The summed E-state index contributed by atoms with van der Waals surface area (Å²) < 4.78 is 11.1. The maximum absolute atomic E-state index is 12.7. The number of carbonyl (C=O) groups excluding carboxylic acids is 1. The number of hydrogen-bond donors (Lipinski definition) is 1. The van der Waals surface area contributed by atoms with E-state index in [1.165, 1.54) is 0 Å². The highest BCUT2D eigenvalue weighted by atomic mass is 35.5. The standard InChI is InChI=1S/C18H28ClN3O3/c1-4-24-17-8-7-14(12-16(17)19)20-18(23)22(10-9-21(2)3)13-15-6-5-11-25-15/h7-8,12,15H,4-6,9-11,13H2,1-3H3,(H,20,23). The molecule has 1 N–H and O–H groups in total. The first-order valence-corrected chi connectivity index (χ1v) is 9.12. The van der Waals surface area contributed by atoms with Gasteiger partial charge >= 0.3 is 6.03 Å². The molecule has 6 nitrogen and oxygen atoms in total. The van der Waals surface area contributed by atoms with Gasteiger partial charge in [0.1, 0.15) is 5.75 Å². The van der Waals surface area contributed by atoms with E-state index in [0.29, 0.717) is 36.2 Å². The van der Waals surface area contributed by atoms with Crippen LogP contribution in [-0.4, -0.2) is 68.9 Å². The molecule has 1 aliphatic heterocycles. The minimum atomic E-state index is -0.141. The first-order chi connectivity index (χ1) is 12.0. The van der Waals surface area contributed by atoms with Gasteiger partial charge in [0.05, 0.1) is 17.7 Å². The Balaban J connectivity index is 2.00. The Hall–Kier alpha value is -1.50. The molecule has 0 aliphatic carbocycles. The molecular formula is C18H28ClN3O3. The van der Waals surface area contributed by atoms with Gasteiger partial charge in [0.2, 0.25) is 0 Å². The Kier molecular flexibility index (Phi) is 7.81. The normalized spacial score (nSPS) is 16.9. The highest BCUT2D eigenvalue weighted by molar-refractivity contribution is 6.32. The van der Waals surface area contributed by atoms with Gasteiger partial charge in [-0.25, -0.2) is 4.79 Å². The number of benzene rings is 1. The van der Waals surface area contributed by atoms with Crippen molar-refractivity contribution in [3.63, 3.8) is 0 Å². The number of likely N-dealkylation sites (N-methyl/N-ethyl adjacent to an activating group) is 1. The van der Waals surface area contributed by atoms with E-state index in [9.17, 15) is 4.79 Å². The van der Waals surface area contributed by atoms with E-state index >= 15 is 0 Å². The van der Waals surface area contributed by atoms with Crippen molar-refractivity contribution >= 4 is 23.3 Å². The molecule has 0 radical (unpaired) electrons. The smallest absolute Gasteiger partial charge is 0.321 e. The Labute approximate surface area is 155 Å². The fraction of sp³-hybridized carbons (Fsp3) is 0.611. The van der Waals surface area contributed by atoms with Crippen molar-refractivity contribution in [3.8, 4) is 5.75 Å². The number of urea groups is 1. The van der Waals surface area contributed by atoms with Gasteiger partial charge in [-0.1, -0.05) is 11.6 Å². The topological polar surface area (TPSA) is 54.0 Å². The van der Waals surface area contributed by atoms with E-state index in [4.69, 9.17) is 21.1 Å². The van der Waals surface area contributed by atoms with Crippen LogP contribution >= 0.6 is 11.6 Å². The van der Waals surface area contributed by atoms with Gasteiger partial charge < -0.3 is 24.6 Å². The second kappa shape index (κ2) is 9.85. The zero-order valence-corrected chi connectivity index (χ0v) is 16.0. The van der Waals surface area contributed by atoms with Crippen LogP contribution in [0.5, 0.6) is 5.75 Å². The summed E-state index contributed by atoms with van der Waals surface area (Å²) in [7, 11) is 3.99. The fourth-order valence-corrected chi connectivity index (χ4v) is 2.92. The number of amides is 2. The summed E-state index contributed by atoms with van der Waals surface area (Å²) in [6.45, 7) is 5.27. The average molecular weight is 370 g/mol. The second-order valence-electron chi connectivity index (χ2n) is 6.39. The quantitative estimate of drug-likeness (QED) is 0.763. The van der Waals surface area contributed by atoms with Crippen LogP contribution in [0.25, 0.3) is 0 Å². The molecule has 1 fully saturated rings.